The van der Waals surface area contributed by atoms with Crippen molar-refractivity contribution < 1.29 is 4.74 Å². The summed E-state index contributed by atoms with van der Waals surface area (Å²) in [5, 5.41) is 4.51. The maximum atomic E-state index is 5.46. The number of nitrogens with one attached hydrogen (secondary N) is 1. The molecule has 0 bridgehead atoms. The fraction of sp³-hybridized carbons (Fsp3) is 0.769. The number of hydrogen-bond donors (Lipinski definition) is 1. The molecule has 0 fully saturated rings. The van der Waals surface area contributed by atoms with Gasteiger partial charge in [-0.15, -0.1) is 11.3 Å². The van der Waals surface area contributed by atoms with Crippen molar-refractivity contribution in [2.24, 2.45) is 0 Å². The Balaban J connectivity index is 2.85. The molecule has 17 heavy (non-hydrogen) atoms. The quantitative estimate of drug-likeness (QED) is 0.775. The molecule has 1 atom stereocenters. The van der Waals surface area contributed by atoms with Gasteiger partial charge in [-0.3, -0.25) is 0 Å². The van der Waals surface area contributed by atoms with Crippen molar-refractivity contribution in [3.05, 3.63) is 15.6 Å². The van der Waals surface area contributed by atoms with Crippen LogP contribution in [0, 0.1) is 0 Å². The van der Waals surface area contributed by atoms with Crippen LogP contribution >= 0.6 is 11.3 Å². The van der Waals surface area contributed by atoms with Crippen LogP contribution in [-0.2, 0) is 17.7 Å². The van der Waals surface area contributed by atoms with E-state index >= 15 is 0 Å². The van der Waals surface area contributed by atoms with Gasteiger partial charge in [0.25, 0.3) is 0 Å². The lowest BCUT2D eigenvalue weighted by Crippen LogP contribution is -2.11. The molecule has 1 unspecified atom stereocenters. The second kappa shape index (κ2) is 7.80. The van der Waals surface area contributed by atoms with E-state index in [9.17, 15) is 0 Å². The molecule has 1 heterocycles. The molecule has 4 heteroatoms. The van der Waals surface area contributed by atoms with Crippen LogP contribution in [0.3, 0.4) is 0 Å². The van der Waals surface area contributed by atoms with Crippen LogP contribution in [0.15, 0.2) is 0 Å². The van der Waals surface area contributed by atoms with E-state index in [0.29, 0.717) is 0 Å². The third-order valence-electron chi connectivity index (χ3n) is 2.75. The second-order valence-electron chi connectivity index (χ2n) is 4.08. The fourth-order valence-electron chi connectivity index (χ4n) is 1.79. The second-order valence-corrected chi connectivity index (χ2v) is 5.20. The summed E-state index contributed by atoms with van der Waals surface area (Å²) in [6.45, 7) is 8.40. The first-order valence-corrected chi connectivity index (χ1v) is 7.30. The molecule has 98 valence electrons. The van der Waals surface area contributed by atoms with Gasteiger partial charge in [-0.05, 0) is 19.4 Å². The van der Waals surface area contributed by atoms with E-state index < -0.39 is 0 Å². The van der Waals surface area contributed by atoms with Crippen LogP contribution < -0.4 is 5.32 Å². The number of methoxy groups -OCH3 is 1. The highest BCUT2D eigenvalue weighted by Gasteiger charge is 2.16. The molecule has 0 saturated heterocycles. The van der Waals surface area contributed by atoms with Gasteiger partial charge in [0.2, 0.25) is 0 Å². The van der Waals surface area contributed by atoms with Crippen LogP contribution in [0.1, 0.15) is 55.3 Å². The van der Waals surface area contributed by atoms with Crippen molar-refractivity contribution in [3.8, 4) is 0 Å². The molecule has 0 saturated carbocycles. The van der Waals surface area contributed by atoms with Gasteiger partial charge in [0.15, 0.2) is 0 Å². The van der Waals surface area contributed by atoms with E-state index in [1.165, 1.54) is 10.6 Å². The molecule has 3 nitrogen and oxygen atoms in total. The average molecular weight is 256 g/mol. The maximum Gasteiger partial charge on any atom is 0.122 e. The van der Waals surface area contributed by atoms with Crippen LogP contribution in [0.25, 0.3) is 0 Å². The summed E-state index contributed by atoms with van der Waals surface area (Å²) < 4.78 is 5.46. The Labute approximate surface area is 109 Å². The lowest BCUT2D eigenvalue weighted by atomic mass is 10.2. The number of aryl methyl sites for hydroxylation is 1. The summed E-state index contributed by atoms with van der Waals surface area (Å²) in [6, 6.07) is 0. The van der Waals surface area contributed by atoms with Gasteiger partial charge in [0.1, 0.15) is 11.1 Å². The Kier molecular flexibility index (Phi) is 6.70. The van der Waals surface area contributed by atoms with Crippen LogP contribution in [0.2, 0.25) is 0 Å². The van der Waals surface area contributed by atoms with Gasteiger partial charge in [0, 0.05) is 18.5 Å². The molecule has 1 aromatic rings. The van der Waals surface area contributed by atoms with Crippen LogP contribution in [0.4, 0.5) is 0 Å². The zero-order valence-corrected chi connectivity index (χ0v) is 12.2. The largest absolute Gasteiger partial charge is 0.374 e. The monoisotopic (exact) mass is 256 g/mol. The normalized spacial score (nSPS) is 12.9. The number of rotatable bonds is 8. The van der Waals surface area contributed by atoms with Crippen molar-refractivity contribution >= 4 is 11.3 Å². The van der Waals surface area contributed by atoms with E-state index in [0.717, 1.165) is 37.4 Å². The Hall–Kier alpha value is -0.450. The summed E-state index contributed by atoms with van der Waals surface area (Å²) >= 11 is 1.80. The van der Waals surface area contributed by atoms with E-state index in [4.69, 9.17) is 9.72 Å². The number of hydrogen-bond acceptors (Lipinski definition) is 4. The molecule has 0 aliphatic carbocycles. The number of nitrogens with zero attached hydrogens (tertiary/aromatic N) is 1. The van der Waals surface area contributed by atoms with Gasteiger partial charge >= 0.3 is 0 Å². The van der Waals surface area contributed by atoms with Gasteiger partial charge in [-0.2, -0.15) is 0 Å². The SMILES string of the molecule is CCCc1nc(C(CC)OC)sc1CNCC. The minimum Gasteiger partial charge on any atom is -0.374 e. The van der Waals surface area contributed by atoms with Crippen molar-refractivity contribution in [2.75, 3.05) is 13.7 Å². The number of thiazole rings is 1. The Morgan fingerprint density at radius 1 is 1.35 bits per heavy atom. The van der Waals surface area contributed by atoms with Crippen molar-refractivity contribution in [1.82, 2.24) is 10.3 Å². The minimum atomic E-state index is 0.158. The summed E-state index contributed by atoms with van der Waals surface area (Å²) in [5.74, 6) is 0. The zero-order valence-electron chi connectivity index (χ0n) is 11.4. The molecule has 1 N–H and O–H groups in total. The molecule has 1 rings (SSSR count). The molecule has 0 radical (unpaired) electrons. The van der Waals surface area contributed by atoms with Crippen molar-refractivity contribution in [3.63, 3.8) is 0 Å². The Bertz CT molecular complexity index is 321. The summed E-state index contributed by atoms with van der Waals surface area (Å²) in [7, 11) is 1.76. The number of ether oxygens (including phenoxy) is 1. The van der Waals surface area contributed by atoms with E-state index in [1.54, 1.807) is 18.4 Å². The predicted octanol–water partition coefficient (Wildman–Crippen LogP) is 3.30. The van der Waals surface area contributed by atoms with E-state index in [1.807, 2.05) is 0 Å². The molecule has 0 spiro atoms. The Morgan fingerprint density at radius 3 is 2.65 bits per heavy atom. The third kappa shape index (κ3) is 4.05. The first kappa shape index (κ1) is 14.6. The highest BCUT2D eigenvalue weighted by Crippen LogP contribution is 2.28. The highest BCUT2D eigenvalue weighted by molar-refractivity contribution is 7.11. The van der Waals surface area contributed by atoms with E-state index in [2.05, 4.69) is 26.1 Å². The predicted molar refractivity (Wildman–Crippen MR) is 73.5 cm³/mol. The lowest BCUT2D eigenvalue weighted by Gasteiger charge is -2.08. The van der Waals surface area contributed by atoms with Crippen molar-refractivity contribution in [2.45, 2.75) is 52.7 Å². The van der Waals surface area contributed by atoms with Crippen molar-refractivity contribution in [1.29, 1.82) is 0 Å². The molecule has 0 aromatic carbocycles. The molecular weight excluding hydrogens is 232 g/mol. The summed E-state index contributed by atoms with van der Waals surface area (Å²) in [5.41, 5.74) is 1.25. The van der Waals surface area contributed by atoms with Gasteiger partial charge in [0.05, 0.1) is 5.69 Å². The minimum absolute atomic E-state index is 0.158. The van der Waals surface area contributed by atoms with Crippen LogP contribution in [-0.4, -0.2) is 18.6 Å². The summed E-state index contributed by atoms with van der Waals surface area (Å²) in [4.78, 5) is 6.12. The summed E-state index contributed by atoms with van der Waals surface area (Å²) in [6.07, 6.45) is 3.35. The average Bonchev–Trinajstić information content (AvgIpc) is 2.72. The first-order valence-electron chi connectivity index (χ1n) is 6.48. The van der Waals surface area contributed by atoms with Crippen LogP contribution in [0.5, 0.6) is 0 Å². The Morgan fingerprint density at radius 2 is 2.12 bits per heavy atom. The first-order chi connectivity index (χ1) is 8.26. The number of aromatic nitrogens is 1. The zero-order chi connectivity index (χ0) is 12.7. The topological polar surface area (TPSA) is 34.1 Å². The molecular formula is C13H24N2OS. The molecule has 1 aromatic heterocycles. The lowest BCUT2D eigenvalue weighted by molar-refractivity contribution is 0.0996. The van der Waals surface area contributed by atoms with Gasteiger partial charge < -0.3 is 10.1 Å². The van der Waals surface area contributed by atoms with Gasteiger partial charge in [-0.25, -0.2) is 4.98 Å². The van der Waals surface area contributed by atoms with E-state index in [-0.39, 0.29) is 6.10 Å². The maximum absolute atomic E-state index is 5.46. The highest BCUT2D eigenvalue weighted by atomic mass is 32.1. The van der Waals surface area contributed by atoms with Gasteiger partial charge in [-0.1, -0.05) is 27.2 Å². The fourth-order valence-corrected chi connectivity index (χ4v) is 3.03. The molecule has 0 aliphatic heterocycles. The molecule has 0 aliphatic rings. The molecule has 0 amide bonds. The third-order valence-corrected chi connectivity index (χ3v) is 3.94. The standard InChI is InChI=1S/C13H24N2OS/c1-5-8-10-12(9-14-7-3)17-13(15-10)11(6-2)16-4/h11,14H,5-9H2,1-4H3. The smallest absolute Gasteiger partial charge is 0.122 e.